The summed E-state index contributed by atoms with van der Waals surface area (Å²) in [6, 6.07) is 0. The van der Waals surface area contributed by atoms with E-state index in [1.807, 2.05) is 0 Å². The molecule has 0 bridgehead atoms. The van der Waals surface area contributed by atoms with Gasteiger partial charge in [-0.05, 0) is 25.8 Å². The Morgan fingerprint density at radius 3 is 2.48 bits per heavy atom. The second-order valence-electron chi connectivity index (χ2n) is 5.02. The molecule has 1 fully saturated rings. The molecule has 8 heteroatoms. The van der Waals surface area contributed by atoms with Crippen molar-refractivity contribution in [2.45, 2.75) is 43.7 Å². The third kappa shape index (κ3) is 8.27. The van der Waals surface area contributed by atoms with E-state index in [0.29, 0.717) is 26.4 Å². The van der Waals surface area contributed by atoms with Crippen molar-refractivity contribution in [2.75, 3.05) is 39.5 Å². The molecule has 1 heterocycles. The first kappa shape index (κ1) is 21.0. The summed E-state index contributed by atoms with van der Waals surface area (Å²) in [5.41, 5.74) is 0. The Bertz CT molecular complexity index is 249. The number of aliphatic hydroxyl groups excluding tert-OH is 4. The van der Waals surface area contributed by atoms with Crippen LogP contribution < -0.4 is 5.32 Å². The smallest absolute Gasteiger partial charge is 0.114 e. The van der Waals surface area contributed by atoms with Gasteiger partial charge in [-0.25, -0.2) is 0 Å². The monoisotopic (exact) mass is 329 g/mol. The average Bonchev–Trinajstić information content (AvgIpc) is 2.46. The van der Waals surface area contributed by atoms with Gasteiger partial charge in [-0.3, -0.25) is 0 Å². The maximum Gasteiger partial charge on any atom is 0.114 e. The Morgan fingerprint density at radius 1 is 1.10 bits per heavy atom. The van der Waals surface area contributed by atoms with Gasteiger partial charge in [0.15, 0.2) is 0 Å². The molecule has 1 aliphatic rings. The molecule has 1 rings (SSSR count). The van der Waals surface area contributed by atoms with Gasteiger partial charge in [0.05, 0.1) is 12.7 Å². The lowest BCUT2D eigenvalue weighted by Crippen LogP contribution is -2.50. The minimum atomic E-state index is -1.25. The summed E-state index contributed by atoms with van der Waals surface area (Å²) in [6.45, 7) is 2.00. The highest BCUT2D eigenvalue weighted by atomic mass is 35.5. The summed E-state index contributed by atoms with van der Waals surface area (Å²) in [7, 11) is 0. The second kappa shape index (κ2) is 12.5. The largest absolute Gasteiger partial charge is 0.394 e. The van der Waals surface area contributed by atoms with Crippen LogP contribution in [0.4, 0.5) is 0 Å². The SMILES string of the molecule is Cl.OC[C@@H](O)C1OCCCCOCCCNC[C@@H](O)[C@H]1O. The lowest BCUT2D eigenvalue weighted by atomic mass is 10.0. The van der Waals surface area contributed by atoms with Crippen LogP contribution >= 0.6 is 12.4 Å². The molecule has 1 saturated heterocycles. The zero-order valence-corrected chi connectivity index (χ0v) is 13.0. The van der Waals surface area contributed by atoms with Gasteiger partial charge in [0.25, 0.3) is 0 Å². The molecular formula is C13H28ClNO6. The van der Waals surface area contributed by atoms with E-state index in [-0.39, 0.29) is 19.0 Å². The molecule has 5 N–H and O–H groups in total. The van der Waals surface area contributed by atoms with Crippen LogP contribution in [0.5, 0.6) is 0 Å². The van der Waals surface area contributed by atoms with Crippen molar-refractivity contribution >= 4 is 12.4 Å². The van der Waals surface area contributed by atoms with E-state index in [9.17, 15) is 15.3 Å². The minimum absolute atomic E-state index is 0. The van der Waals surface area contributed by atoms with Gasteiger partial charge in [0, 0.05) is 26.4 Å². The Kier molecular flexibility index (Phi) is 12.5. The summed E-state index contributed by atoms with van der Waals surface area (Å²) in [4.78, 5) is 0. The normalized spacial score (nSPS) is 31.7. The Labute approximate surface area is 131 Å². The van der Waals surface area contributed by atoms with E-state index in [0.717, 1.165) is 19.3 Å². The molecule has 1 unspecified atom stereocenters. The molecule has 128 valence electrons. The quantitative estimate of drug-likeness (QED) is 0.426. The minimum Gasteiger partial charge on any atom is -0.394 e. The van der Waals surface area contributed by atoms with Crippen molar-refractivity contribution in [1.82, 2.24) is 5.32 Å². The Balaban J connectivity index is 0.00000400. The van der Waals surface area contributed by atoms with Crippen LogP contribution in [0.15, 0.2) is 0 Å². The molecule has 0 amide bonds. The van der Waals surface area contributed by atoms with Crippen LogP contribution in [0.3, 0.4) is 0 Å². The maximum absolute atomic E-state index is 10.0. The molecule has 1 aliphatic heterocycles. The van der Waals surface area contributed by atoms with E-state index in [1.165, 1.54) is 0 Å². The molecule has 0 aromatic rings. The zero-order chi connectivity index (χ0) is 14.8. The van der Waals surface area contributed by atoms with Crippen molar-refractivity contribution in [1.29, 1.82) is 0 Å². The molecule has 0 spiro atoms. The molecule has 0 aromatic heterocycles. The number of hydrogen-bond donors (Lipinski definition) is 5. The topological polar surface area (TPSA) is 111 Å². The van der Waals surface area contributed by atoms with E-state index in [4.69, 9.17) is 14.6 Å². The molecule has 21 heavy (non-hydrogen) atoms. The van der Waals surface area contributed by atoms with Crippen LogP contribution in [0.2, 0.25) is 0 Å². The van der Waals surface area contributed by atoms with Gasteiger partial charge >= 0.3 is 0 Å². The highest BCUT2D eigenvalue weighted by Crippen LogP contribution is 2.11. The molecule has 0 radical (unpaired) electrons. The van der Waals surface area contributed by atoms with Crippen LogP contribution in [-0.4, -0.2) is 84.4 Å². The van der Waals surface area contributed by atoms with Gasteiger partial charge in [0.1, 0.15) is 18.3 Å². The van der Waals surface area contributed by atoms with Crippen LogP contribution in [0, 0.1) is 0 Å². The van der Waals surface area contributed by atoms with Crippen molar-refractivity contribution in [3.05, 3.63) is 0 Å². The van der Waals surface area contributed by atoms with Gasteiger partial charge in [-0.2, -0.15) is 0 Å². The Hall–Kier alpha value is 0.01000. The molecular weight excluding hydrogens is 302 g/mol. The fourth-order valence-corrected chi connectivity index (χ4v) is 2.06. The summed E-state index contributed by atoms with van der Waals surface area (Å²) in [5, 5.41) is 41.6. The van der Waals surface area contributed by atoms with E-state index < -0.39 is 31.0 Å². The first-order chi connectivity index (χ1) is 9.66. The van der Waals surface area contributed by atoms with Crippen molar-refractivity contribution in [3.63, 3.8) is 0 Å². The predicted molar refractivity (Wildman–Crippen MR) is 79.6 cm³/mol. The number of β-amino-alcohol motifs (C(OH)–C–C–N with tert-alkyl or cyclic N) is 1. The summed E-state index contributed by atoms with van der Waals surface area (Å²) in [5.74, 6) is 0. The highest BCUT2D eigenvalue weighted by Gasteiger charge is 2.32. The summed E-state index contributed by atoms with van der Waals surface area (Å²) in [6.07, 6.45) is -2.13. The molecule has 0 aliphatic carbocycles. The number of halogens is 1. The van der Waals surface area contributed by atoms with Gasteiger partial charge in [-0.1, -0.05) is 0 Å². The number of ether oxygens (including phenoxy) is 2. The molecule has 0 saturated carbocycles. The first-order valence-corrected chi connectivity index (χ1v) is 7.22. The zero-order valence-electron chi connectivity index (χ0n) is 12.2. The number of aliphatic hydroxyl groups is 4. The van der Waals surface area contributed by atoms with Crippen LogP contribution in [-0.2, 0) is 9.47 Å². The van der Waals surface area contributed by atoms with Crippen molar-refractivity contribution in [2.24, 2.45) is 0 Å². The predicted octanol–water partition coefficient (Wildman–Crippen LogP) is -1.34. The summed E-state index contributed by atoms with van der Waals surface area (Å²) < 4.78 is 10.8. The van der Waals surface area contributed by atoms with Crippen LogP contribution in [0.1, 0.15) is 19.3 Å². The van der Waals surface area contributed by atoms with Crippen molar-refractivity contribution < 1.29 is 29.9 Å². The van der Waals surface area contributed by atoms with Gasteiger partial charge < -0.3 is 35.2 Å². The van der Waals surface area contributed by atoms with E-state index in [2.05, 4.69) is 5.32 Å². The third-order valence-corrected chi connectivity index (χ3v) is 3.29. The van der Waals surface area contributed by atoms with Crippen LogP contribution in [0.25, 0.3) is 0 Å². The number of nitrogens with one attached hydrogen (secondary N) is 1. The lowest BCUT2D eigenvalue weighted by molar-refractivity contribution is -0.142. The van der Waals surface area contributed by atoms with Crippen molar-refractivity contribution in [3.8, 4) is 0 Å². The highest BCUT2D eigenvalue weighted by molar-refractivity contribution is 5.85. The molecule has 4 atom stereocenters. The molecule has 7 nitrogen and oxygen atoms in total. The van der Waals surface area contributed by atoms with Gasteiger partial charge in [0.2, 0.25) is 0 Å². The van der Waals surface area contributed by atoms with E-state index >= 15 is 0 Å². The van der Waals surface area contributed by atoms with E-state index in [1.54, 1.807) is 0 Å². The fourth-order valence-electron chi connectivity index (χ4n) is 2.06. The summed E-state index contributed by atoms with van der Waals surface area (Å²) >= 11 is 0. The van der Waals surface area contributed by atoms with Gasteiger partial charge in [-0.15, -0.1) is 12.4 Å². The lowest BCUT2D eigenvalue weighted by Gasteiger charge is -2.30. The maximum atomic E-state index is 10.0. The third-order valence-electron chi connectivity index (χ3n) is 3.29. The number of hydrogen-bond acceptors (Lipinski definition) is 7. The number of rotatable bonds is 2. The standard InChI is InChI=1S/C13H27NO6.ClH/c15-9-11(17)13-12(18)10(16)8-14-4-3-6-19-5-1-2-7-20-13;/h10-18H,1-9H2;1H/t10-,11-,12-,13?;/m1./s1. The first-order valence-electron chi connectivity index (χ1n) is 7.22. The fraction of sp³-hybridized carbons (Fsp3) is 1.00. The molecule has 0 aromatic carbocycles. The average molecular weight is 330 g/mol. The second-order valence-corrected chi connectivity index (χ2v) is 5.02. The Morgan fingerprint density at radius 2 is 1.76 bits per heavy atom.